The highest BCUT2D eigenvalue weighted by Crippen LogP contribution is 2.48. The maximum atomic E-state index is 12.4. The minimum atomic E-state index is -0.159. The number of amides is 1. The molecule has 2 aliphatic heterocycles. The fraction of sp³-hybridized carbons (Fsp3) is 0.381. The van der Waals surface area contributed by atoms with E-state index in [9.17, 15) is 4.79 Å². The van der Waals surface area contributed by atoms with Crippen molar-refractivity contribution in [3.63, 3.8) is 0 Å². The molecule has 142 valence electrons. The van der Waals surface area contributed by atoms with E-state index in [2.05, 4.69) is 19.2 Å². The summed E-state index contributed by atoms with van der Waals surface area (Å²) >= 11 is 0. The van der Waals surface area contributed by atoms with Gasteiger partial charge < -0.3 is 24.3 Å². The van der Waals surface area contributed by atoms with Crippen molar-refractivity contribution in [1.82, 2.24) is 0 Å². The molecule has 0 radical (unpaired) electrons. The summed E-state index contributed by atoms with van der Waals surface area (Å²) in [6, 6.07) is 7.78. The number of hydrogen-bond acceptors (Lipinski definition) is 5. The lowest BCUT2D eigenvalue weighted by molar-refractivity contribution is -0.116. The number of nitrogens with one attached hydrogen (secondary N) is 1. The van der Waals surface area contributed by atoms with Gasteiger partial charge in [-0.25, -0.2) is 0 Å². The number of methoxy groups -OCH3 is 2. The van der Waals surface area contributed by atoms with Crippen LogP contribution in [0.1, 0.15) is 48.8 Å². The maximum Gasteiger partial charge on any atom is 0.231 e. The van der Waals surface area contributed by atoms with Crippen LogP contribution in [0.5, 0.6) is 23.0 Å². The molecule has 0 saturated heterocycles. The summed E-state index contributed by atoms with van der Waals surface area (Å²) in [6.07, 6.45) is 0.327. The van der Waals surface area contributed by atoms with Crippen molar-refractivity contribution in [2.45, 2.75) is 32.1 Å². The van der Waals surface area contributed by atoms with Gasteiger partial charge in [-0.1, -0.05) is 13.8 Å². The highest BCUT2D eigenvalue weighted by molar-refractivity contribution is 5.96. The fourth-order valence-electron chi connectivity index (χ4n) is 3.80. The Hall–Kier alpha value is -2.89. The SMILES string of the molecule is COc1cc(C2CC(=O)Nc3cc4c(cc32)OCO4)c(OC)cc1C(C)C. The number of carbonyl (C=O) groups is 1. The van der Waals surface area contributed by atoms with Gasteiger partial charge in [-0.2, -0.15) is 0 Å². The molecule has 0 spiro atoms. The van der Waals surface area contributed by atoms with Crippen molar-refractivity contribution in [2.75, 3.05) is 26.3 Å². The minimum absolute atomic E-state index is 0.0414. The summed E-state index contributed by atoms with van der Waals surface area (Å²) in [5, 5.41) is 2.94. The van der Waals surface area contributed by atoms with Crippen LogP contribution in [-0.2, 0) is 4.79 Å². The van der Waals surface area contributed by atoms with Gasteiger partial charge in [-0.3, -0.25) is 4.79 Å². The second-order valence-corrected chi connectivity index (χ2v) is 7.09. The zero-order valence-electron chi connectivity index (χ0n) is 15.9. The number of fused-ring (bicyclic) bond motifs is 2. The number of rotatable bonds is 4. The molecule has 27 heavy (non-hydrogen) atoms. The van der Waals surface area contributed by atoms with Gasteiger partial charge in [-0.05, 0) is 29.7 Å². The van der Waals surface area contributed by atoms with Crippen LogP contribution in [0.3, 0.4) is 0 Å². The first-order chi connectivity index (χ1) is 13.0. The predicted octanol–water partition coefficient (Wildman–Crippen LogP) is 4.03. The van der Waals surface area contributed by atoms with Crippen LogP contribution in [-0.4, -0.2) is 26.9 Å². The minimum Gasteiger partial charge on any atom is -0.496 e. The molecular formula is C21H23NO5. The molecule has 6 heteroatoms. The van der Waals surface area contributed by atoms with Crippen molar-refractivity contribution in [2.24, 2.45) is 0 Å². The Bertz CT molecular complexity index is 906. The molecular weight excluding hydrogens is 346 g/mol. The van der Waals surface area contributed by atoms with E-state index in [-0.39, 0.29) is 18.6 Å². The Morgan fingerprint density at radius 3 is 2.37 bits per heavy atom. The number of benzene rings is 2. The van der Waals surface area contributed by atoms with E-state index in [4.69, 9.17) is 18.9 Å². The third-order valence-electron chi connectivity index (χ3n) is 5.16. The Morgan fingerprint density at radius 2 is 1.70 bits per heavy atom. The molecule has 1 amide bonds. The van der Waals surface area contributed by atoms with Crippen molar-refractivity contribution in [3.05, 3.63) is 41.0 Å². The summed E-state index contributed by atoms with van der Waals surface area (Å²) in [7, 11) is 3.32. The summed E-state index contributed by atoms with van der Waals surface area (Å²) < 4.78 is 22.3. The molecule has 2 heterocycles. The van der Waals surface area contributed by atoms with E-state index < -0.39 is 0 Å². The van der Waals surface area contributed by atoms with Crippen LogP contribution in [0.4, 0.5) is 5.69 Å². The average Bonchev–Trinajstić information content (AvgIpc) is 3.11. The number of hydrogen-bond donors (Lipinski definition) is 1. The first kappa shape index (κ1) is 17.5. The maximum absolute atomic E-state index is 12.4. The zero-order chi connectivity index (χ0) is 19.1. The van der Waals surface area contributed by atoms with Gasteiger partial charge in [0.25, 0.3) is 0 Å². The summed E-state index contributed by atoms with van der Waals surface area (Å²) in [6.45, 7) is 4.42. The van der Waals surface area contributed by atoms with Gasteiger partial charge in [0.2, 0.25) is 12.7 Å². The van der Waals surface area contributed by atoms with E-state index in [0.29, 0.717) is 23.8 Å². The largest absolute Gasteiger partial charge is 0.496 e. The predicted molar refractivity (Wildman–Crippen MR) is 101 cm³/mol. The van der Waals surface area contributed by atoms with Gasteiger partial charge in [-0.15, -0.1) is 0 Å². The average molecular weight is 369 g/mol. The Kier molecular flexibility index (Phi) is 4.34. The standard InChI is InChI=1S/C21H23NO5/c1-11(2)12-5-18(25-4)15(7-17(12)24-3)13-8-21(23)22-16-9-20-19(6-14(13)16)26-10-27-20/h5-7,9,11,13H,8,10H2,1-4H3,(H,22,23). The molecule has 0 aliphatic carbocycles. The second kappa shape index (κ2) is 6.68. The molecule has 2 aromatic rings. The van der Waals surface area contributed by atoms with Crippen LogP contribution in [0.15, 0.2) is 24.3 Å². The lowest BCUT2D eigenvalue weighted by atomic mass is 9.83. The zero-order valence-corrected chi connectivity index (χ0v) is 15.9. The van der Waals surface area contributed by atoms with E-state index >= 15 is 0 Å². The summed E-state index contributed by atoms with van der Waals surface area (Å²) in [5.41, 5.74) is 3.73. The quantitative estimate of drug-likeness (QED) is 0.881. The van der Waals surface area contributed by atoms with E-state index in [0.717, 1.165) is 33.9 Å². The fourth-order valence-corrected chi connectivity index (χ4v) is 3.80. The second-order valence-electron chi connectivity index (χ2n) is 7.09. The van der Waals surface area contributed by atoms with Gasteiger partial charge >= 0.3 is 0 Å². The Labute approximate surface area is 158 Å². The highest BCUT2D eigenvalue weighted by Gasteiger charge is 2.32. The lowest BCUT2D eigenvalue weighted by Crippen LogP contribution is -2.24. The Balaban J connectivity index is 1.88. The van der Waals surface area contributed by atoms with Crippen LogP contribution < -0.4 is 24.3 Å². The van der Waals surface area contributed by atoms with Crippen molar-refractivity contribution < 1.29 is 23.7 Å². The van der Waals surface area contributed by atoms with Crippen LogP contribution in [0.2, 0.25) is 0 Å². The van der Waals surface area contributed by atoms with Gasteiger partial charge in [0.1, 0.15) is 11.5 Å². The van der Waals surface area contributed by atoms with Crippen LogP contribution in [0.25, 0.3) is 0 Å². The van der Waals surface area contributed by atoms with Crippen molar-refractivity contribution >= 4 is 11.6 Å². The van der Waals surface area contributed by atoms with E-state index in [1.807, 2.05) is 24.3 Å². The summed E-state index contributed by atoms with van der Waals surface area (Å²) in [5.74, 6) is 2.98. The molecule has 2 aromatic carbocycles. The topological polar surface area (TPSA) is 66.0 Å². The molecule has 1 atom stereocenters. The van der Waals surface area contributed by atoms with E-state index in [1.165, 1.54) is 0 Å². The molecule has 4 rings (SSSR count). The first-order valence-corrected chi connectivity index (χ1v) is 9.01. The molecule has 1 unspecified atom stereocenters. The van der Waals surface area contributed by atoms with Gasteiger partial charge in [0.05, 0.1) is 14.2 Å². The number of ether oxygens (including phenoxy) is 4. The molecule has 0 saturated carbocycles. The normalized spacial score (nSPS) is 17.5. The van der Waals surface area contributed by atoms with E-state index in [1.54, 1.807) is 14.2 Å². The smallest absolute Gasteiger partial charge is 0.231 e. The third kappa shape index (κ3) is 2.95. The van der Waals surface area contributed by atoms with Gasteiger partial charge in [0, 0.05) is 35.2 Å². The van der Waals surface area contributed by atoms with Crippen LogP contribution in [0, 0.1) is 0 Å². The Morgan fingerprint density at radius 1 is 1.00 bits per heavy atom. The number of carbonyl (C=O) groups excluding carboxylic acids is 1. The molecule has 6 nitrogen and oxygen atoms in total. The monoisotopic (exact) mass is 369 g/mol. The summed E-state index contributed by atoms with van der Waals surface area (Å²) in [4.78, 5) is 12.4. The lowest BCUT2D eigenvalue weighted by Gasteiger charge is -2.28. The number of anilines is 1. The third-order valence-corrected chi connectivity index (χ3v) is 5.16. The highest BCUT2D eigenvalue weighted by atomic mass is 16.7. The van der Waals surface area contributed by atoms with Crippen molar-refractivity contribution in [3.8, 4) is 23.0 Å². The molecule has 0 fully saturated rings. The molecule has 0 bridgehead atoms. The van der Waals surface area contributed by atoms with Crippen LogP contribution >= 0.6 is 0 Å². The van der Waals surface area contributed by atoms with Crippen molar-refractivity contribution in [1.29, 1.82) is 0 Å². The first-order valence-electron chi connectivity index (χ1n) is 9.01. The molecule has 2 aliphatic rings. The molecule has 1 N–H and O–H groups in total. The molecule has 0 aromatic heterocycles. The van der Waals surface area contributed by atoms with Gasteiger partial charge in [0.15, 0.2) is 11.5 Å².